The molecule has 0 saturated heterocycles. The molecule has 0 aromatic carbocycles. The Morgan fingerprint density at radius 2 is 1.67 bits per heavy atom. The fourth-order valence-electron chi connectivity index (χ4n) is 4.34. The Morgan fingerprint density at radius 1 is 1.06 bits per heavy atom. The Hall–Kier alpha value is -0.0800. The van der Waals surface area contributed by atoms with Gasteiger partial charge in [-0.1, -0.05) is 33.6 Å². The van der Waals surface area contributed by atoms with Crippen LogP contribution in [0, 0.1) is 16.7 Å². The van der Waals surface area contributed by atoms with Crippen LogP contribution in [0.4, 0.5) is 0 Å². The number of hydrogen-bond donors (Lipinski definition) is 2. The van der Waals surface area contributed by atoms with E-state index < -0.39 is 5.60 Å². The summed E-state index contributed by atoms with van der Waals surface area (Å²) in [7, 11) is 0. The molecule has 2 nitrogen and oxygen atoms in total. The van der Waals surface area contributed by atoms with E-state index in [1.807, 2.05) is 0 Å². The van der Waals surface area contributed by atoms with Gasteiger partial charge in [0.2, 0.25) is 0 Å². The quantitative estimate of drug-likeness (QED) is 0.791. The van der Waals surface area contributed by atoms with E-state index in [1.54, 1.807) is 0 Å². The van der Waals surface area contributed by atoms with E-state index in [4.69, 9.17) is 5.73 Å². The summed E-state index contributed by atoms with van der Waals surface area (Å²) < 4.78 is 0. The van der Waals surface area contributed by atoms with Crippen molar-refractivity contribution >= 4 is 0 Å². The highest BCUT2D eigenvalue weighted by Crippen LogP contribution is 2.55. The first-order chi connectivity index (χ1) is 8.35. The van der Waals surface area contributed by atoms with Crippen LogP contribution < -0.4 is 5.73 Å². The maximum atomic E-state index is 11.3. The van der Waals surface area contributed by atoms with Gasteiger partial charge >= 0.3 is 0 Å². The van der Waals surface area contributed by atoms with Crippen molar-refractivity contribution in [2.75, 3.05) is 6.54 Å². The monoisotopic (exact) mass is 253 g/mol. The normalized spacial score (nSPS) is 39.5. The first kappa shape index (κ1) is 14.3. The van der Waals surface area contributed by atoms with Gasteiger partial charge in [0, 0.05) is 12.0 Å². The minimum absolute atomic E-state index is 0.0116. The number of rotatable bonds is 2. The van der Waals surface area contributed by atoms with Gasteiger partial charge in [-0.3, -0.25) is 0 Å². The molecular formula is C16H31NO. The van der Waals surface area contributed by atoms with Crippen molar-refractivity contribution in [3.63, 3.8) is 0 Å². The van der Waals surface area contributed by atoms with Crippen molar-refractivity contribution in [3.05, 3.63) is 0 Å². The highest BCUT2D eigenvalue weighted by Gasteiger charge is 2.54. The van der Waals surface area contributed by atoms with Crippen LogP contribution in [0.5, 0.6) is 0 Å². The fraction of sp³-hybridized carbons (Fsp3) is 1.00. The smallest absolute Gasteiger partial charge is 0.0741 e. The van der Waals surface area contributed by atoms with Crippen molar-refractivity contribution in [2.24, 2.45) is 22.5 Å². The molecule has 0 aromatic rings. The van der Waals surface area contributed by atoms with Crippen LogP contribution in [-0.4, -0.2) is 17.3 Å². The molecule has 2 heteroatoms. The lowest BCUT2D eigenvalue weighted by Crippen LogP contribution is -2.59. The molecule has 2 rings (SSSR count). The van der Waals surface area contributed by atoms with Crippen LogP contribution in [0.3, 0.4) is 0 Å². The predicted octanol–water partition coefficient (Wildman–Crippen LogP) is 3.47. The highest BCUT2D eigenvalue weighted by molar-refractivity contribution is 5.06. The van der Waals surface area contributed by atoms with Crippen molar-refractivity contribution in [1.82, 2.24) is 0 Å². The van der Waals surface area contributed by atoms with Gasteiger partial charge in [-0.15, -0.1) is 0 Å². The van der Waals surface area contributed by atoms with Crippen molar-refractivity contribution < 1.29 is 5.11 Å². The Labute approximate surface area is 112 Å². The van der Waals surface area contributed by atoms with E-state index in [0.29, 0.717) is 17.9 Å². The number of nitrogens with two attached hydrogens (primary N) is 1. The van der Waals surface area contributed by atoms with Crippen molar-refractivity contribution in [2.45, 2.75) is 77.7 Å². The first-order valence-corrected chi connectivity index (χ1v) is 7.78. The summed E-state index contributed by atoms with van der Waals surface area (Å²) in [6, 6.07) is 0. The van der Waals surface area contributed by atoms with Crippen LogP contribution in [0.2, 0.25) is 0 Å². The molecule has 106 valence electrons. The zero-order chi connectivity index (χ0) is 13.4. The zero-order valence-electron chi connectivity index (χ0n) is 12.5. The van der Waals surface area contributed by atoms with E-state index >= 15 is 0 Å². The minimum Gasteiger partial charge on any atom is -0.389 e. The maximum absolute atomic E-state index is 11.3. The molecular weight excluding hydrogens is 222 g/mol. The standard InChI is InChI=1S/C16H31NO/c1-13-6-4-5-7-16(13,18)15(12-17)10-8-14(2,3)9-11-15/h13,18H,4-12,17H2,1-3H3. The van der Waals surface area contributed by atoms with Crippen molar-refractivity contribution in [1.29, 1.82) is 0 Å². The molecule has 2 fully saturated rings. The lowest BCUT2D eigenvalue weighted by atomic mass is 9.53. The summed E-state index contributed by atoms with van der Waals surface area (Å²) in [4.78, 5) is 0. The van der Waals surface area contributed by atoms with Gasteiger partial charge in [0.15, 0.2) is 0 Å². The summed E-state index contributed by atoms with van der Waals surface area (Å²) in [6.07, 6.45) is 9.21. The summed E-state index contributed by atoms with van der Waals surface area (Å²) in [6.45, 7) is 7.59. The van der Waals surface area contributed by atoms with Gasteiger partial charge in [-0.2, -0.15) is 0 Å². The SMILES string of the molecule is CC1CCCCC1(O)C1(CN)CCC(C)(C)CC1. The number of aliphatic hydroxyl groups is 1. The molecule has 2 aliphatic carbocycles. The molecule has 0 spiro atoms. The lowest BCUT2D eigenvalue weighted by Gasteiger charge is -2.56. The average molecular weight is 253 g/mol. The second kappa shape index (κ2) is 4.79. The second-order valence-corrected chi connectivity index (χ2v) is 7.72. The van der Waals surface area contributed by atoms with Gasteiger partial charge in [-0.25, -0.2) is 0 Å². The third-order valence-corrected chi connectivity index (χ3v) is 6.13. The Kier molecular flexibility index (Phi) is 3.81. The maximum Gasteiger partial charge on any atom is 0.0741 e. The zero-order valence-corrected chi connectivity index (χ0v) is 12.5. The topological polar surface area (TPSA) is 46.2 Å². The van der Waals surface area contributed by atoms with Crippen molar-refractivity contribution in [3.8, 4) is 0 Å². The molecule has 3 N–H and O–H groups in total. The molecule has 2 saturated carbocycles. The van der Waals surface area contributed by atoms with Crippen LogP contribution in [-0.2, 0) is 0 Å². The molecule has 0 amide bonds. The van der Waals surface area contributed by atoms with E-state index in [9.17, 15) is 5.11 Å². The number of hydrogen-bond acceptors (Lipinski definition) is 2. The molecule has 2 atom stereocenters. The predicted molar refractivity (Wildman–Crippen MR) is 76.3 cm³/mol. The molecule has 2 aliphatic rings. The van der Waals surface area contributed by atoms with Gasteiger partial charge in [0.05, 0.1) is 5.60 Å². The average Bonchev–Trinajstić information content (AvgIpc) is 2.34. The fourth-order valence-corrected chi connectivity index (χ4v) is 4.34. The Balaban J connectivity index is 2.22. The summed E-state index contributed by atoms with van der Waals surface area (Å²) in [5, 5.41) is 11.3. The van der Waals surface area contributed by atoms with Gasteiger partial charge in [-0.05, 0) is 49.9 Å². The molecule has 0 bridgehead atoms. The lowest BCUT2D eigenvalue weighted by molar-refractivity contribution is -0.161. The van der Waals surface area contributed by atoms with Crippen LogP contribution >= 0.6 is 0 Å². The van der Waals surface area contributed by atoms with Gasteiger partial charge in [0.25, 0.3) is 0 Å². The third kappa shape index (κ3) is 2.22. The summed E-state index contributed by atoms with van der Waals surface area (Å²) in [5.41, 5.74) is 6.07. The summed E-state index contributed by atoms with van der Waals surface area (Å²) >= 11 is 0. The molecule has 0 aromatic heterocycles. The van der Waals surface area contributed by atoms with Crippen LogP contribution in [0.1, 0.15) is 72.1 Å². The Morgan fingerprint density at radius 3 is 2.17 bits per heavy atom. The largest absolute Gasteiger partial charge is 0.389 e. The third-order valence-electron chi connectivity index (χ3n) is 6.13. The van der Waals surface area contributed by atoms with Crippen LogP contribution in [0.25, 0.3) is 0 Å². The molecule has 0 radical (unpaired) electrons. The highest BCUT2D eigenvalue weighted by atomic mass is 16.3. The van der Waals surface area contributed by atoms with Crippen LogP contribution in [0.15, 0.2) is 0 Å². The molecule has 18 heavy (non-hydrogen) atoms. The van der Waals surface area contributed by atoms with Gasteiger partial charge in [0.1, 0.15) is 0 Å². The summed E-state index contributed by atoms with van der Waals surface area (Å²) in [5.74, 6) is 0.413. The Bertz CT molecular complexity index is 289. The first-order valence-electron chi connectivity index (χ1n) is 7.78. The molecule has 2 unspecified atom stereocenters. The van der Waals surface area contributed by atoms with Gasteiger partial charge < -0.3 is 10.8 Å². The van der Waals surface area contributed by atoms with E-state index in [1.165, 1.54) is 32.1 Å². The second-order valence-electron chi connectivity index (χ2n) is 7.72. The van der Waals surface area contributed by atoms with E-state index in [2.05, 4.69) is 20.8 Å². The minimum atomic E-state index is -0.503. The van der Waals surface area contributed by atoms with E-state index in [-0.39, 0.29) is 5.41 Å². The van der Waals surface area contributed by atoms with E-state index in [0.717, 1.165) is 19.3 Å². The molecule has 0 aliphatic heterocycles. The molecule has 0 heterocycles.